The Kier molecular flexibility index (Phi) is 8.71. The van der Waals surface area contributed by atoms with Gasteiger partial charge in [0, 0.05) is 13.7 Å². The summed E-state index contributed by atoms with van der Waals surface area (Å²) < 4.78 is 10.2. The van der Waals surface area contributed by atoms with E-state index < -0.39 is 18.0 Å². The lowest BCUT2D eigenvalue weighted by molar-refractivity contribution is -0.130. The molecule has 0 spiro atoms. The monoisotopic (exact) mass is 324 g/mol. The van der Waals surface area contributed by atoms with Gasteiger partial charge in [0.1, 0.15) is 11.8 Å². The lowest BCUT2D eigenvalue weighted by Gasteiger charge is -2.19. The Hall–Kier alpha value is -2.12. The topological polar surface area (TPSA) is 96.9 Å². The molecular weight excluding hydrogens is 300 g/mol. The third-order valence-electron chi connectivity index (χ3n) is 3.12. The van der Waals surface area contributed by atoms with Gasteiger partial charge in [-0.1, -0.05) is 18.2 Å². The number of carbonyl (C=O) groups is 2. The van der Waals surface area contributed by atoms with Gasteiger partial charge in [0.15, 0.2) is 6.61 Å². The minimum absolute atomic E-state index is 0.172. The summed E-state index contributed by atoms with van der Waals surface area (Å²) in [6.45, 7) is 1.64. The average molecular weight is 324 g/mol. The molecule has 0 aliphatic rings. The molecule has 7 nitrogen and oxygen atoms in total. The van der Waals surface area contributed by atoms with Gasteiger partial charge in [0.2, 0.25) is 5.91 Å². The molecule has 0 saturated heterocycles. The first-order chi connectivity index (χ1) is 11.1. The minimum Gasteiger partial charge on any atom is -0.484 e. The van der Waals surface area contributed by atoms with E-state index in [1.165, 1.54) is 0 Å². The van der Waals surface area contributed by atoms with Crippen molar-refractivity contribution in [3.63, 3.8) is 0 Å². The molecule has 1 rings (SSSR count). The van der Waals surface area contributed by atoms with Crippen molar-refractivity contribution in [2.75, 3.05) is 26.9 Å². The standard InChI is InChI=1S/C16H24N2O5/c1-12(16(21)18-13(10-19)8-9-22-2)17-15(20)11-23-14-6-4-3-5-7-14/h3-7,12-13,19H,8-11H2,1-2H3,(H,17,20)(H,18,21)/t12-,13+/m0/s1. The number of aliphatic hydroxyl groups is 1. The fourth-order valence-corrected chi connectivity index (χ4v) is 1.81. The van der Waals surface area contributed by atoms with Crippen molar-refractivity contribution in [2.24, 2.45) is 0 Å². The first-order valence-electron chi connectivity index (χ1n) is 7.44. The molecular formula is C16H24N2O5. The number of aliphatic hydroxyl groups excluding tert-OH is 1. The van der Waals surface area contributed by atoms with E-state index in [2.05, 4.69) is 10.6 Å². The van der Waals surface area contributed by atoms with Gasteiger partial charge >= 0.3 is 0 Å². The van der Waals surface area contributed by atoms with Gasteiger partial charge in [-0.25, -0.2) is 0 Å². The summed E-state index contributed by atoms with van der Waals surface area (Å²) >= 11 is 0. The predicted octanol–water partition coefficient (Wildman–Crippen LogP) is 0.0837. The molecule has 3 N–H and O–H groups in total. The molecule has 0 radical (unpaired) electrons. The number of hydrogen-bond acceptors (Lipinski definition) is 5. The molecule has 0 aromatic heterocycles. The van der Waals surface area contributed by atoms with Crippen LogP contribution in [-0.2, 0) is 14.3 Å². The SMILES string of the molecule is COCC[C@H](CO)NC(=O)[C@H](C)NC(=O)COc1ccccc1. The van der Waals surface area contributed by atoms with Gasteiger partial charge < -0.3 is 25.2 Å². The molecule has 2 amide bonds. The van der Waals surface area contributed by atoms with Crippen LogP contribution in [0.1, 0.15) is 13.3 Å². The Bertz CT molecular complexity index is 481. The zero-order valence-electron chi connectivity index (χ0n) is 13.5. The lowest BCUT2D eigenvalue weighted by Crippen LogP contribution is -2.50. The number of rotatable bonds is 10. The Morgan fingerprint density at radius 2 is 1.91 bits per heavy atom. The van der Waals surface area contributed by atoms with Gasteiger partial charge in [0.05, 0.1) is 12.6 Å². The Morgan fingerprint density at radius 3 is 2.52 bits per heavy atom. The smallest absolute Gasteiger partial charge is 0.258 e. The summed E-state index contributed by atoms with van der Waals surface area (Å²) in [5.74, 6) is -0.179. The first kappa shape index (κ1) is 18.9. The van der Waals surface area contributed by atoms with Crippen molar-refractivity contribution in [1.29, 1.82) is 0 Å². The summed E-state index contributed by atoms with van der Waals surface area (Å²) in [5.41, 5.74) is 0. The van der Waals surface area contributed by atoms with E-state index in [-0.39, 0.29) is 19.1 Å². The zero-order valence-corrected chi connectivity index (χ0v) is 13.5. The number of nitrogens with one attached hydrogen (secondary N) is 2. The van der Waals surface area contributed by atoms with Crippen molar-refractivity contribution in [3.05, 3.63) is 30.3 Å². The van der Waals surface area contributed by atoms with Crippen LogP contribution in [0.3, 0.4) is 0 Å². The van der Waals surface area contributed by atoms with Crippen LogP contribution in [0.25, 0.3) is 0 Å². The Balaban J connectivity index is 2.34. The predicted molar refractivity (Wildman–Crippen MR) is 85.1 cm³/mol. The van der Waals surface area contributed by atoms with E-state index >= 15 is 0 Å². The summed E-state index contributed by atoms with van der Waals surface area (Å²) in [6, 6.07) is 7.81. The van der Waals surface area contributed by atoms with Crippen LogP contribution in [0.5, 0.6) is 5.75 Å². The van der Waals surface area contributed by atoms with Crippen LogP contribution in [0.15, 0.2) is 30.3 Å². The number of benzene rings is 1. The van der Waals surface area contributed by atoms with Crippen molar-refractivity contribution < 1.29 is 24.2 Å². The minimum atomic E-state index is -0.724. The molecule has 128 valence electrons. The summed E-state index contributed by atoms with van der Waals surface area (Å²) in [4.78, 5) is 23.7. The third kappa shape index (κ3) is 7.62. The van der Waals surface area contributed by atoms with E-state index in [0.29, 0.717) is 18.8 Å². The van der Waals surface area contributed by atoms with Crippen molar-refractivity contribution >= 4 is 11.8 Å². The van der Waals surface area contributed by atoms with Crippen LogP contribution < -0.4 is 15.4 Å². The summed E-state index contributed by atoms with van der Waals surface area (Å²) in [7, 11) is 1.55. The van der Waals surface area contributed by atoms with Crippen LogP contribution >= 0.6 is 0 Å². The van der Waals surface area contributed by atoms with Gasteiger partial charge in [-0.05, 0) is 25.5 Å². The van der Waals surface area contributed by atoms with Crippen molar-refractivity contribution in [1.82, 2.24) is 10.6 Å². The highest BCUT2D eigenvalue weighted by Crippen LogP contribution is 2.07. The first-order valence-corrected chi connectivity index (χ1v) is 7.44. The molecule has 0 heterocycles. The molecule has 1 aromatic carbocycles. The van der Waals surface area contributed by atoms with Crippen molar-refractivity contribution in [2.45, 2.75) is 25.4 Å². The summed E-state index contributed by atoms with van der Waals surface area (Å²) in [5, 5.41) is 14.4. The second-order valence-electron chi connectivity index (χ2n) is 5.06. The maximum absolute atomic E-state index is 12.0. The van der Waals surface area contributed by atoms with E-state index in [1.54, 1.807) is 38.3 Å². The van der Waals surface area contributed by atoms with Crippen LogP contribution in [-0.4, -0.2) is 55.9 Å². The van der Waals surface area contributed by atoms with Crippen molar-refractivity contribution in [3.8, 4) is 5.75 Å². The Morgan fingerprint density at radius 1 is 1.22 bits per heavy atom. The molecule has 0 aliphatic carbocycles. The largest absolute Gasteiger partial charge is 0.484 e. The van der Waals surface area contributed by atoms with Crippen LogP contribution in [0.2, 0.25) is 0 Å². The third-order valence-corrected chi connectivity index (χ3v) is 3.12. The molecule has 7 heteroatoms. The van der Waals surface area contributed by atoms with Crippen LogP contribution in [0.4, 0.5) is 0 Å². The van der Waals surface area contributed by atoms with E-state index in [0.717, 1.165) is 0 Å². The Labute approximate surface area is 136 Å². The maximum Gasteiger partial charge on any atom is 0.258 e. The average Bonchev–Trinajstić information content (AvgIpc) is 2.57. The highest BCUT2D eigenvalue weighted by atomic mass is 16.5. The quantitative estimate of drug-likeness (QED) is 0.566. The fraction of sp³-hybridized carbons (Fsp3) is 0.500. The maximum atomic E-state index is 12.0. The van der Waals surface area contributed by atoms with Gasteiger partial charge in [-0.3, -0.25) is 9.59 Å². The van der Waals surface area contributed by atoms with E-state index in [9.17, 15) is 14.7 Å². The molecule has 0 bridgehead atoms. The number of amides is 2. The van der Waals surface area contributed by atoms with E-state index in [4.69, 9.17) is 9.47 Å². The fourth-order valence-electron chi connectivity index (χ4n) is 1.81. The normalized spacial score (nSPS) is 13.0. The number of methoxy groups -OCH3 is 1. The number of ether oxygens (including phenoxy) is 2. The highest BCUT2D eigenvalue weighted by Gasteiger charge is 2.19. The second-order valence-corrected chi connectivity index (χ2v) is 5.06. The van der Waals surface area contributed by atoms with E-state index in [1.807, 2.05) is 6.07 Å². The van der Waals surface area contributed by atoms with Gasteiger partial charge in [-0.2, -0.15) is 0 Å². The zero-order chi connectivity index (χ0) is 17.1. The molecule has 0 aliphatic heterocycles. The number of carbonyl (C=O) groups excluding carboxylic acids is 2. The number of hydrogen-bond donors (Lipinski definition) is 3. The molecule has 0 unspecified atom stereocenters. The molecule has 2 atom stereocenters. The lowest BCUT2D eigenvalue weighted by atomic mass is 10.2. The van der Waals surface area contributed by atoms with Gasteiger partial charge in [0.25, 0.3) is 5.91 Å². The molecule has 1 aromatic rings. The molecule has 0 saturated carbocycles. The highest BCUT2D eigenvalue weighted by molar-refractivity contribution is 5.87. The number of para-hydroxylation sites is 1. The van der Waals surface area contributed by atoms with Crippen LogP contribution in [0, 0.1) is 0 Å². The molecule has 0 fully saturated rings. The second kappa shape index (κ2) is 10.6. The molecule has 23 heavy (non-hydrogen) atoms. The summed E-state index contributed by atoms with van der Waals surface area (Å²) in [6.07, 6.45) is 0.497. The van der Waals surface area contributed by atoms with Gasteiger partial charge in [-0.15, -0.1) is 0 Å².